The third-order valence-corrected chi connectivity index (χ3v) is 3.49. The van der Waals surface area contributed by atoms with Gasteiger partial charge in [-0.25, -0.2) is 4.79 Å². The Morgan fingerprint density at radius 1 is 1.22 bits per heavy atom. The summed E-state index contributed by atoms with van der Waals surface area (Å²) < 4.78 is 10.6. The molecule has 6 nitrogen and oxygen atoms in total. The first-order chi connectivity index (χ1) is 11.2. The molecule has 2 amide bonds. The van der Waals surface area contributed by atoms with E-state index in [-0.39, 0.29) is 13.2 Å². The molecule has 0 fully saturated rings. The molecule has 3 aromatic rings. The van der Waals surface area contributed by atoms with Crippen molar-refractivity contribution in [2.75, 3.05) is 25.6 Å². The molecule has 0 aliphatic rings. The highest BCUT2D eigenvalue weighted by Crippen LogP contribution is 2.30. The largest absolute Gasteiger partial charge is 0.456 e. The molecule has 0 aliphatic carbocycles. The minimum absolute atomic E-state index is 0.118. The van der Waals surface area contributed by atoms with Crippen LogP contribution < -0.4 is 10.6 Å². The molecular formula is C17H18N2O4. The van der Waals surface area contributed by atoms with Gasteiger partial charge >= 0.3 is 6.03 Å². The average Bonchev–Trinajstić information content (AvgIpc) is 2.91. The number of amides is 2. The number of para-hydroxylation sites is 1. The third kappa shape index (κ3) is 3.44. The molecule has 120 valence electrons. The van der Waals surface area contributed by atoms with Crippen molar-refractivity contribution >= 4 is 33.7 Å². The van der Waals surface area contributed by atoms with Crippen LogP contribution in [0.25, 0.3) is 21.9 Å². The normalized spacial score (nSPS) is 12.4. The minimum Gasteiger partial charge on any atom is -0.456 e. The Kier molecular flexibility index (Phi) is 4.45. The van der Waals surface area contributed by atoms with Crippen molar-refractivity contribution in [2.45, 2.75) is 6.10 Å². The van der Waals surface area contributed by atoms with Crippen LogP contribution in [0.5, 0.6) is 0 Å². The Labute approximate surface area is 133 Å². The molecular weight excluding hydrogens is 296 g/mol. The molecule has 0 radical (unpaired) electrons. The second-order valence-corrected chi connectivity index (χ2v) is 5.25. The Morgan fingerprint density at radius 3 is 2.83 bits per heavy atom. The second-order valence-electron chi connectivity index (χ2n) is 5.25. The SMILES string of the molecule is COC[C@H](O)CNC(=O)Nc1ccc2c(c1)oc1ccccc12. The van der Waals surface area contributed by atoms with Crippen molar-refractivity contribution in [2.24, 2.45) is 0 Å². The van der Waals surface area contributed by atoms with Crippen LogP contribution in [0.4, 0.5) is 10.5 Å². The molecule has 3 rings (SSSR count). The van der Waals surface area contributed by atoms with E-state index >= 15 is 0 Å². The van der Waals surface area contributed by atoms with Crippen molar-refractivity contribution in [1.82, 2.24) is 5.32 Å². The molecule has 23 heavy (non-hydrogen) atoms. The highest BCUT2D eigenvalue weighted by Gasteiger charge is 2.09. The Hall–Kier alpha value is -2.57. The first kappa shape index (κ1) is 15.3. The maximum absolute atomic E-state index is 11.8. The van der Waals surface area contributed by atoms with E-state index in [1.54, 1.807) is 6.07 Å². The average molecular weight is 314 g/mol. The molecule has 3 N–H and O–H groups in total. The van der Waals surface area contributed by atoms with Crippen molar-refractivity contribution in [1.29, 1.82) is 0 Å². The number of carbonyl (C=O) groups excluding carboxylic acids is 1. The van der Waals surface area contributed by atoms with Crippen LogP contribution in [0.2, 0.25) is 0 Å². The first-order valence-electron chi connectivity index (χ1n) is 7.30. The number of methoxy groups -OCH3 is 1. The lowest BCUT2D eigenvalue weighted by molar-refractivity contribution is 0.0663. The molecule has 1 heterocycles. The van der Waals surface area contributed by atoms with Gasteiger partial charge in [0.15, 0.2) is 0 Å². The van der Waals surface area contributed by atoms with Crippen LogP contribution >= 0.6 is 0 Å². The van der Waals surface area contributed by atoms with Crippen LogP contribution in [0.1, 0.15) is 0 Å². The smallest absolute Gasteiger partial charge is 0.319 e. The van der Waals surface area contributed by atoms with Gasteiger partial charge in [0.05, 0.1) is 12.7 Å². The van der Waals surface area contributed by atoms with Crippen LogP contribution in [-0.4, -0.2) is 37.5 Å². The standard InChI is InChI=1S/C17H18N2O4/c1-22-10-12(20)9-18-17(21)19-11-6-7-14-13-4-2-3-5-15(13)23-16(14)8-11/h2-8,12,20H,9-10H2,1H3,(H2,18,19,21)/t12-/m1/s1. The number of fused-ring (bicyclic) bond motifs is 3. The Morgan fingerprint density at radius 2 is 2.00 bits per heavy atom. The van der Waals surface area contributed by atoms with E-state index in [0.717, 1.165) is 16.4 Å². The molecule has 0 bridgehead atoms. The molecule has 0 spiro atoms. The number of carbonyl (C=O) groups is 1. The number of aliphatic hydroxyl groups excluding tert-OH is 1. The van der Waals surface area contributed by atoms with Gasteiger partial charge in [-0.05, 0) is 18.2 Å². The summed E-state index contributed by atoms with van der Waals surface area (Å²) in [5.41, 5.74) is 2.14. The number of anilines is 1. The van der Waals surface area contributed by atoms with E-state index in [0.29, 0.717) is 11.3 Å². The van der Waals surface area contributed by atoms with Crippen LogP contribution in [0.3, 0.4) is 0 Å². The number of rotatable bonds is 5. The molecule has 1 aromatic heterocycles. The zero-order valence-corrected chi connectivity index (χ0v) is 12.7. The number of aliphatic hydroxyl groups is 1. The fourth-order valence-corrected chi connectivity index (χ4v) is 2.44. The number of benzene rings is 2. The number of furan rings is 1. The number of hydrogen-bond donors (Lipinski definition) is 3. The van der Waals surface area contributed by atoms with Gasteiger partial charge in [0.2, 0.25) is 0 Å². The summed E-state index contributed by atoms with van der Waals surface area (Å²) in [7, 11) is 1.49. The van der Waals surface area contributed by atoms with Gasteiger partial charge in [-0.15, -0.1) is 0 Å². The lowest BCUT2D eigenvalue weighted by Gasteiger charge is -2.11. The van der Waals surface area contributed by atoms with E-state index < -0.39 is 12.1 Å². The van der Waals surface area contributed by atoms with Gasteiger partial charge in [-0.3, -0.25) is 0 Å². The highest BCUT2D eigenvalue weighted by atomic mass is 16.5. The van der Waals surface area contributed by atoms with Gasteiger partial charge in [0, 0.05) is 36.2 Å². The third-order valence-electron chi connectivity index (χ3n) is 3.49. The maximum Gasteiger partial charge on any atom is 0.319 e. The Balaban J connectivity index is 1.71. The molecule has 0 saturated heterocycles. The summed E-state index contributed by atoms with van der Waals surface area (Å²) in [5.74, 6) is 0. The van der Waals surface area contributed by atoms with Gasteiger partial charge in [-0.1, -0.05) is 18.2 Å². The van der Waals surface area contributed by atoms with Gasteiger partial charge in [0.25, 0.3) is 0 Å². The molecule has 0 saturated carbocycles. The summed E-state index contributed by atoms with van der Waals surface area (Å²) in [6.45, 7) is 0.289. The maximum atomic E-state index is 11.8. The van der Waals surface area contributed by atoms with Crippen LogP contribution in [-0.2, 0) is 4.74 Å². The number of urea groups is 1. The molecule has 1 atom stereocenters. The molecule has 6 heteroatoms. The van der Waals surface area contributed by atoms with Crippen molar-refractivity contribution in [3.05, 3.63) is 42.5 Å². The summed E-state index contributed by atoms with van der Waals surface area (Å²) >= 11 is 0. The minimum atomic E-state index is -0.733. The van der Waals surface area contributed by atoms with Crippen molar-refractivity contribution < 1.29 is 19.1 Å². The Bertz CT molecular complexity index is 828. The van der Waals surface area contributed by atoms with Gasteiger partial charge < -0.3 is 24.9 Å². The molecule has 0 unspecified atom stereocenters. The fourth-order valence-electron chi connectivity index (χ4n) is 2.44. The van der Waals surface area contributed by atoms with E-state index in [1.165, 1.54) is 7.11 Å². The summed E-state index contributed by atoms with van der Waals surface area (Å²) in [5, 5.41) is 16.8. The zero-order chi connectivity index (χ0) is 16.2. The van der Waals surface area contributed by atoms with E-state index in [9.17, 15) is 9.90 Å². The number of ether oxygens (including phenoxy) is 1. The summed E-state index contributed by atoms with van der Waals surface area (Å²) in [4.78, 5) is 11.8. The zero-order valence-electron chi connectivity index (χ0n) is 12.7. The van der Waals surface area contributed by atoms with Crippen LogP contribution in [0, 0.1) is 0 Å². The fraction of sp³-hybridized carbons (Fsp3) is 0.235. The second kappa shape index (κ2) is 6.68. The van der Waals surface area contributed by atoms with Gasteiger partial charge in [-0.2, -0.15) is 0 Å². The highest BCUT2D eigenvalue weighted by molar-refractivity contribution is 6.06. The summed E-state index contributed by atoms with van der Waals surface area (Å²) in [6.07, 6.45) is -0.733. The predicted molar refractivity (Wildman–Crippen MR) is 88.6 cm³/mol. The predicted octanol–water partition coefficient (Wildman–Crippen LogP) is 2.71. The first-order valence-corrected chi connectivity index (χ1v) is 7.30. The summed E-state index contributed by atoms with van der Waals surface area (Å²) in [6, 6.07) is 12.9. The van der Waals surface area contributed by atoms with Crippen LogP contribution in [0.15, 0.2) is 46.9 Å². The van der Waals surface area contributed by atoms with Gasteiger partial charge in [0.1, 0.15) is 11.2 Å². The lowest BCUT2D eigenvalue weighted by Crippen LogP contribution is -2.36. The number of nitrogens with one attached hydrogen (secondary N) is 2. The van der Waals surface area contributed by atoms with E-state index in [4.69, 9.17) is 9.15 Å². The molecule has 0 aliphatic heterocycles. The topological polar surface area (TPSA) is 83.7 Å². The molecule has 2 aromatic carbocycles. The monoisotopic (exact) mass is 314 g/mol. The van der Waals surface area contributed by atoms with Crippen molar-refractivity contribution in [3.8, 4) is 0 Å². The number of hydrogen-bond acceptors (Lipinski definition) is 4. The van der Waals surface area contributed by atoms with Crippen molar-refractivity contribution in [3.63, 3.8) is 0 Å². The lowest BCUT2D eigenvalue weighted by atomic mass is 10.1. The quantitative estimate of drug-likeness (QED) is 0.676. The van der Waals surface area contributed by atoms with E-state index in [2.05, 4.69) is 10.6 Å². The van der Waals surface area contributed by atoms with E-state index in [1.807, 2.05) is 36.4 Å².